The molecule has 0 unspecified atom stereocenters. The van der Waals surface area contributed by atoms with E-state index in [0.717, 1.165) is 5.56 Å². The maximum absolute atomic E-state index is 12.6. The zero-order valence-corrected chi connectivity index (χ0v) is 14.6. The lowest BCUT2D eigenvalue weighted by Gasteiger charge is -2.10. The summed E-state index contributed by atoms with van der Waals surface area (Å²) in [5.74, 6) is -0.551. The first kappa shape index (κ1) is 16.6. The number of nitrogens with one attached hydrogen (secondary N) is 1. The first-order valence-electron chi connectivity index (χ1n) is 7.24. The number of aromatic nitrogens is 1. The lowest BCUT2D eigenvalue weighted by molar-refractivity contribution is 0.512. The van der Waals surface area contributed by atoms with Crippen LogP contribution >= 0.6 is 11.6 Å². The van der Waals surface area contributed by atoms with Gasteiger partial charge in [-0.05, 0) is 37.6 Å². The molecule has 3 rings (SSSR count). The molecule has 0 radical (unpaired) electrons. The van der Waals surface area contributed by atoms with Crippen molar-refractivity contribution in [1.29, 1.82) is 0 Å². The van der Waals surface area contributed by atoms with Gasteiger partial charge in [-0.15, -0.1) is 0 Å². The molecular formula is C16H15ClN2O4S. The van der Waals surface area contributed by atoms with Gasteiger partial charge in [0.2, 0.25) is 0 Å². The van der Waals surface area contributed by atoms with Gasteiger partial charge >= 0.3 is 5.76 Å². The average molecular weight is 367 g/mol. The van der Waals surface area contributed by atoms with Gasteiger partial charge in [0.25, 0.3) is 10.0 Å². The molecule has 1 N–H and O–H groups in total. The number of halogens is 1. The summed E-state index contributed by atoms with van der Waals surface area (Å²) in [5.41, 5.74) is 1.99. The Hall–Kier alpha value is -2.25. The highest BCUT2D eigenvalue weighted by molar-refractivity contribution is 7.92. The van der Waals surface area contributed by atoms with E-state index in [1.165, 1.54) is 16.7 Å². The molecular weight excluding hydrogens is 352 g/mol. The Kier molecular flexibility index (Phi) is 4.15. The minimum atomic E-state index is -3.92. The first-order chi connectivity index (χ1) is 11.3. The van der Waals surface area contributed by atoms with Crippen molar-refractivity contribution in [3.8, 4) is 0 Å². The average Bonchev–Trinajstić information content (AvgIpc) is 2.80. The second-order valence-corrected chi connectivity index (χ2v) is 7.40. The second kappa shape index (κ2) is 5.99. The van der Waals surface area contributed by atoms with Crippen LogP contribution in [-0.2, 0) is 16.6 Å². The van der Waals surface area contributed by atoms with E-state index in [1.54, 1.807) is 25.1 Å². The number of benzene rings is 2. The highest BCUT2D eigenvalue weighted by Crippen LogP contribution is 2.29. The van der Waals surface area contributed by atoms with Crippen molar-refractivity contribution in [1.82, 2.24) is 4.57 Å². The minimum absolute atomic E-state index is 0.0191. The summed E-state index contributed by atoms with van der Waals surface area (Å²) in [7, 11) is -3.92. The largest absolute Gasteiger partial charge is 0.419 e. The maximum Gasteiger partial charge on any atom is 0.419 e. The highest BCUT2D eigenvalue weighted by atomic mass is 35.5. The number of hydrogen-bond donors (Lipinski definition) is 1. The Balaban J connectivity index is 2.11. The van der Waals surface area contributed by atoms with Crippen LogP contribution in [0.4, 0.5) is 5.69 Å². The van der Waals surface area contributed by atoms with Gasteiger partial charge in [0.05, 0.1) is 10.5 Å². The van der Waals surface area contributed by atoms with E-state index in [2.05, 4.69) is 4.72 Å². The van der Waals surface area contributed by atoms with E-state index >= 15 is 0 Å². The topological polar surface area (TPSA) is 81.3 Å². The lowest BCUT2D eigenvalue weighted by atomic mass is 10.2. The van der Waals surface area contributed by atoms with Gasteiger partial charge in [0, 0.05) is 18.3 Å². The molecule has 0 amide bonds. The molecule has 24 heavy (non-hydrogen) atoms. The summed E-state index contributed by atoms with van der Waals surface area (Å²) in [6.45, 7) is 4.04. The Morgan fingerprint density at radius 2 is 2.00 bits per heavy atom. The second-order valence-electron chi connectivity index (χ2n) is 5.34. The van der Waals surface area contributed by atoms with Crippen LogP contribution in [0.3, 0.4) is 0 Å². The molecule has 0 saturated heterocycles. The number of fused-ring (bicyclic) bond motifs is 1. The van der Waals surface area contributed by atoms with Crippen molar-refractivity contribution in [2.24, 2.45) is 0 Å². The fourth-order valence-electron chi connectivity index (χ4n) is 2.49. The van der Waals surface area contributed by atoms with Gasteiger partial charge in [-0.2, -0.15) is 0 Å². The number of aryl methyl sites for hydroxylation is 2. The summed E-state index contributed by atoms with van der Waals surface area (Å²) < 4.78 is 34.2. The number of rotatable bonds is 4. The van der Waals surface area contributed by atoms with Crippen molar-refractivity contribution in [2.75, 3.05) is 4.72 Å². The molecule has 126 valence electrons. The molecule has 0 fully saturated rings. The SMILES string of the molecule is CCn1c(=O)oc2cc(S(=O)(=O)Nc3cccc(C)c3)c(Cl)cc21. The number of nitrogens with zero attached hydrogens (tertiary/aromatic N) is 1. The van der Waals surface area contributed by atoms with E-state index in [0.29, 0.717) is 17.7 Å². The standard InChI is InChI=1S/C16H15ClN2O4S/c1-3-19-13-8-12(17)15(9-14(13)23-16(19)20)24(21,22)18-11-6-4-5-10(2)7-11/h4-9,18H,3H2,1-2H3. The lowest BCUT2D eigenvalue weighted by Crippen LogP contribution is -2.14. The first-order valence-corrected chi connectivity index (χ1v) is 9.10. The predicted octanol–water partition coefficient (Wildman–Crippen LogP) is 3.38. The molecule has 2 aromatic carbocycles. The van der Waals surface area contributed by atoms with Gasteiger partial charge in [-0.3, -0.25) is 9.29 Å². The zero-order valence-electron chi connectivity index (χ0n) is 13.0. The molecule has 6 nitrogen and oxygen atoms in total. The molecule has 3 aromatic rings. The van der Waals surface area contributed by atoms with E-state index in [9.17, 15) is 13.2 Å². The summed E-state index contributed by atoms with van der Waals surface area (Å²) >= 11 is 6.15. The molecule has 1 aromatic heterocycles. The van der Waals surface area contributed by atoms with E-state index < -0.39 is 15.8 Å². The molecule has 0 aliphatic heterocycles. The summed E-state index contributed by atoms with van der Waals surface area (Å²) in [6, 6.07) is 9.65. The third-order valence-electron chi connectivity index (χ3n) is 3.60. The molecule has 8 heteroatoms. The van der Waals surface area contributed by atoms with E-state index in [-0.39, 0.29) is 15.5 Å². The normalized spacial score (nSPS) is 11.8. The van der Waals surface area contributed by atoms with Crippen molar-refractivity contribution >= 4 is 38.4 Å². The maximum atomic E-state index is 12.6. The van der Waals surface area contributed by atoms with Crippen LogP contribution in [0.15, 0.2) is 50.5 Å². The zero-order chi connectivity index (χ0) is 17.5. The number of anilines is 1. The highest BCUT2D eigenvalue weighted by Gasteiger charge is 2.21. The Morgan fingerprint density at radius 1 is 1.25 bits per heavy atom. The van der Waals surface area contributed by atoms with Crippen molar-refractivity contribution < 1.29 is 12.8 Å². The summed E-state index contributed by atoms with van der Waals surface area (Å²) in [5, 5.41) is 0.0191. The molecule has 0 aliphatic rings. The quantitative estimate of drug-likeness (QED) is 0.767. The van der Waals surface area contributed by atoms with E-state index in [4.69, 9.17) is 16.0 Å². The number of hydrogen-bond acceptors (Lipinski definition) is 4. The fourth-order valence-corrected chi connectivity index (χ4v) is 4.08. The van der Waals surface area contributed by atoms with Crippen LogP contribution in [0.25, 0.3) is 11.1 Å². The van der Waals surface area contributed by atoms with Gasteiger partial charge in [-0.1, -0.05) is 23.7 Å². The molecule has 0 saturated carbocycles. The van der Waals surface area contributed by atoms with Crippen LogP contribution in [0.5, 0.6) is 0 Å². The van der Waals surface area contributed by atoms with Crippen LogP contribution in [0.2, 0.25) is 5.02 Å². The van der Waals surface area contributed by atoms with Crippen LogP contribution in [0, 0.1) is 6.92 Å². The van der Waals surface area contributed by atoms with Crippen molar-refractivity contribution in [3.63, 3.8) is 0 Å². The monoisotopic (exact) mass is 366 g/mol. The van der Waals surface area contributed by atoms with Crippen molar-refractivity contribution in [3.05, 3.63) is 57.5 Å². The molecule has 1 heterocycles. The predicted molar refractivity (Wildman–Crippen MR) is 93.1 cm³/mol. The van der Waals surface area contributed by atoms with Gasteiger partial charge in [0.1, 0.15) is 4.90 Å². The molecule has 0 bridgehead atoms. The van der Waals surface area contributed by atoms with Gasteiger partial charge in [0.15, 0.2) is 5.58 Å². The third kappa shape index (κ3) is 2.92. The Morgan fingerprint density at radius 3 is 2.67 bits per heavy atom. The van der Waals surface area contributed by atoms with E-state index in [1.807, 2.05) is 13.0 Å². The third-order valence-corrected chi connectivity index (χ3v) is 5.44. The summed E-state index contributed by atoms with van der Waals surface area (Å²) in [6.07, 6.45) is 0. The van der Waals surface area contributed by atoms with Crippen LogP contribution < -0.4 is 10.5 Å². The number of oxazole rings is 1. The van der Waals surface area contributed by atoms with Crippen LogP contribution in [0.1, 0.15) is 12.5 Å². The summed E-state index contributed by atoms with van der Waals surface area (Å²) in [4.78, 5) is 11.6. The smallest absolute Gasteiger partial charge is 0.408 e. The molecule has 0 spiro atoms. The Bertz CT molecular complexity index is 1080. The molecule has 0 aliphatic carbocycles. The fraction of sp³-hybridized carbons (Fsp3) is 0.188. The van der Waals surface area contributed by atoms with Gasteiger partial charge < -0.3 is 4.42 Å². The van der Waals surface area contributed by atoms with Crippen molar-refractivity contribution in [2.45, 2.75) is 25.3 Å². The number of sulfonamides is 1. The van der Waals surface area contributed by atoms with Gasteiger partial charge in [-0.25, -0.2) is 13.2 Å². The minimum Gasteiger partial charge on any atom is -0.408 e. The van der Waals surface area contributed by atoms with Crippen LogP contribution in [-0.4, -0.2) is 13.0 Å². The molecule has 0 atom stereocenters. The Labute approximate surface area is 143 Å².